The van der Waals surface area contributed by atoms with Crippen LogP contribution in [0.5, 0.6) is 0 Å². The Labute approximate surface area is 98.4 Å². The van der Waals surface area contributed by atoms with Crippen molar-refractivity contribution < 1.29 is 4.79 Å². The second-order valence-corrected chi connectivity index (χ2v) is 4.47. The Hall–Kier alpha value is -0.870. The second-order valence-electron chi connectivity index (χ2n) is 3.62. The van der Waals surface area contributed by atoms with Gasteiger partial charge in [-0.2, -0.15) is 0 Å². The van der Waals surface area contributed by atoms with E-state index in [-0.39, 0.29) is 11.9 Å². The van der Waals surface area contributed by atoms with E-state index in [4.69, 9.17) is 5.73 Å². The summed E-state index contributed by atoms with van der Waals surface area (Å²) in [6.07, 6.45) is 0.329. The van der Waals surface area contributed by atoms with Crippen LogP contribution in [0, 0.1) is 0 Å². The van der Waals surface area contributed by atoms with Gasteiger partial charge in [0.05, 0.1) is 0 Å². The zero-order valence-electron chi connectivity index (χ0n) is 8.90. The van der Waals surface area contributed by atoms with E-state index in [1.165, 1.54) is 0 Å². The maximum absolute atomic E-state index is 11.5. The van der Waals surface area contributed by atoms with Crippen LogP contribution < -0.4 is 5.73 Å². The van der Waals surface area contributed by atoms with Gasteiger partial charge in [-0.3, -0.25) is 4.79 Å². The van der Waals surface area contributed by atoms with E-state index in [0.29, 0.717) is 6.42 Å². The molecule has 1 amide bonds. The summed E-state index contributed by atoms with van der Waals surface area (Å²) in [5, 5.41) is 0. The third kappa shape index (κ3) is 3.32. The summed E-state index contributed by atoms with van der Waals surface area (Å²) in [4.78, 5) is 13.0. The minimum Gasteiger partial charge on any atom is -0.349 e. The van der Waals surface area contributed by atoms with Crippen molar-refractivity contribution in [3.05, 3.63) is 34.3 Å². The number of amides is 1. The van der Waals surface area contributed by atoms with Gasteiger partial charge in [-0.1, -0.05) is 34.1 Å². The maximum Gasteiger partial charge on any atom is 0.223 e. The van der Waals surface area contributed by atoms with Crippen LogP contribution in [0.25, 0.3) is 0 Å². The van der Waals surface area contributed by atoms with Crippen LogP contribution in [0.4, 0.5) is 0 Å². The normalized spacial score (nSPS) is 12.3. The van der Waals surface area contributed by atoms with Crippen molar-refractivity contribution >= 4 is 21.8 Å². The van der Waals surface area contributed by atoms with Gasteiger partial charge in [-0.05, 0) is 11.6 Å². The third-order valence-electron chi connectivity index (χ3n) is 2.20. The molecule has 1 aromatic carbocycles. The van der Waals surface area contributed by atoms with Gasteiger partial charge in [-0.15, -0.1) is 0 Å². The molecule has 0 saturated carbocycles. The molecular weight excluding hydrogens is 256 g/mol. The van der Waals surface area contributed by atoms with Gasteiger partial charge >= 0.3 is 0 Å². The predicted octanol–water partition coefficient (Wildman–Crippen LogP) is 1.93. The summed E-state index contributed by atoms with van der Waals surface area (Å²) in [5.41, 5.74) is 6.92. The number of carbonyl (C=O) groups is 1. The average molecular weight is 271 g/mol. The summed E-state index contributed by atoms with van der Waals surface area (Å²) in [6, 6.07) is 7.44. The van der Waals surface area contributed by atoms with Gasteiger partial charge < -0.3 is 10.6 Å². The van der Waals surface area contributed by atoms with E-state index in [9.17, 15) is 4.79 Å². The van der Waals surface area contributed by atoms with Crippen LogP contribution in [-0.4, -0.2) is 24.9 Å². The number of halogens is 1. The monoisotopic (exact) mass is 270 g/mol. The van der Waals surface area contributed by atoms with Crippen molar-refractivity contribution in [3.63, 3.8) is 0 Å². The Kier molecular flexibility index (Phi) is 4.29. The summed E-state index contributed by atoms with van der Waals surface area (Å²) < 4.78 is 0.948. The van der Waals surface area contributed by atoms with Crippen molar-refractivity contribution in [1.29, 1.82) is 0 Å². The molecule has 82 valence electrons. The van der Waals surface area contributed by atoms with Crippen LogP contribution in [0.2, 0.25) is 0 Å². The smallest absolute Gasteiger partial charge is 0.223 e. The molecule has 0 aliphatic rings. The number of nitrogens with two attached hydrogens (primary N) is 1. The number of nitrogens with zero attached hydrogens (tertiary/aromatic N) is 1. The largest absolute Gasteiger partial charge is 0.349 e. The third-order valence-corrected chi connectivity index (χ3v) is 2.92. The van der Waals surface area contributed by atoms with E-state index >= 15 is 0 Å². The lowest BCUT2D eigenvalue weighted by atomic mass is 10.0. The van der Waals surface area contributed by atoms with Crippen molar-refractivity contribution in [2.24, 2.45) is 5.73 Å². The molecule has 1 unspecified atom stereocenters. The average Bonchev–Trinajstić information content (AvgIpc) is 2.18. The minimum atomic E-state index is -0.254. The molecule has 0 bridgehead atoms. The summed E-state index contributed by atoms with van der Waals surface area (Å²) in [5.74, 6) is 0.0400. The molecule has 0 aliphatic heterocycles. The number of carbonyl (C=O) groups excluding carboxylic acids is 1. The van der Waals surface area contributed by atoms with Gasteiger partial charge in [0.2, 0.25) is 5.91 Å². The molecule has 0 fully saturated rings. The lowest BCUT2D eigenvalue weighted by molar-refractivity contribution is -0.129. The van der Waals surface area contributed by atoms with Crippen LogP contribution in [0.15, 0.2) is 28.7 Å². The molecule has 0 heterocycles. The molecule has 0 radical (unpaired) electrons. The molecule has 1 aromatic rings. The first kappa shape index (κ1) is 12.2. The molecule has 2 N–H and O–H groups in total. The fourth-order valence-corrected chi connectivity index (χ4v) is 1.84. The van der Waals surface area contributed by atoms with E-state index in [1.54, 1.807) is 19.0 Å². The van der Waals surface area contributed by atoms with Gasteiger partial charge in [0.1, 0.15) is 0 Å². The zero-order valence-corrected chi connectivity index (χ0v) is 10.5. The Bertz CT molecular complexity index is 352. The molecule has 0 spiro atoms. The van der Waals surface area contributed by atoms with E-state index < -0.39 is 0 Å². The van der Waals surface area contributed by atoms with Crippen molar-refractivity contribution in [3.8, 4) is 0 Å². The number of rotatable bonds is 3. The first-order chi connectivity index (χ1) is 7.02. The highest BCUT2D eigenvalue weighted by molar-refractivity contribution is 9.10. The minimum absolute atomic E-state index is 0.0400. The quantitative estimate of drug-likeness (QED) is 0.913. The van der Waals surface area contributed by atoms with Gasteiger partial charge in [0, 0.05) is 31.0 Å². The Morgan fingerprint density at radius 3 is 2.60 bits per heavy atom. The Morgan fingerprint density at radius 1 is 1.47 bits per heavy atom. The molecule has 15 heavy (non-hydrogen) atoms. The molecule has 1 rings (SSSR count). The molecule has 0 aromatic heterocycles. The molecular formula is C11H15BrN2O. The first-order valence-corrected chi connectivity index (χ1v) is 5.52. The highest BCUT2D eigenvalue weighted by atomic mass is 79.9. The Balaban J connectivity index is 2.73. The highest BCUT2D eigenvalue weighted by Crippen LogP contribution is 2.23. The summed E-state index contributed by atoms with van der Waals surface area (Å²) in [7, 11) is 3.46. The van der Waals surface area contributed by atoms with Crippen LogP contribution >= 0.6 is 15.9 Å². The van der Waals surface area contributed by atoms with Gasteiger partial charge in [0.25, 0.3) is 0 Å². The SMILES string of the molecule is CN(C)C(=O)CC(N)c1ccccc1Br. The lowest BCUT2D eigenvalue weighted by Gasteiger charge is -2.16. The van der Waals surface area contributed by atoms with Crippen molar-refractivity contribution in [2.75, 3.05) is 14.1 Å². The fourth-order valence-electron chi connectivity index (χ4n) is 1.26. The fraction of sp³-hybridized carbons (Fsp3) is 0.364. The number of hydrogen-bond donors (Lipinski definition) is 1. The van der Waals surface area contributed by atoms with E-state index in [0.717, 1.165) is 10.0 Å². The summed E-state index contributed by atoms with van der Waals surface area (Å²) in [6.45, 7) is 0. The molecule has 0 aliphatic carbocycles. The van der Waals surface area contributed by atoms with E-state index in [2.05, 4.69) is 15.9 Å². The van der Waals surface area contributed by atoms with Gasteiger partial charge in [-0.25, -0.2) is 0 Å². The lowest BCUT2D eigenvalue weighted by Crippen LogP contribution is -2.26. The van der Waals surface area contributed by atoms with Crippen LogP contribution in [0.1, 0.15) is 18.0 Å². The second kappa shape index (κ2) is 5.28. The Morgan fingerprint density at radius 2 is 2.07 bits per heavy atom. The molecule has 3 nitrogen and oxygen atoms in total. The number of hydrogen-bond acceptors (Lipinski definition) is 2. The highest BCUT2D eigenvalue weighted by Gasteiger charge is 2.14. The molecule has 1 atom stereocenters. The van der Waals surface area contributed by atoms with Crippen molar-refractivity contribution in [1.82, 2.24) is 4.90 Å². The topological polar surface area (TPSA) is 46.3 Å². The molecule has 0 saturated heterocycles. The molecule has 4 heteroatoms. The summed E-state index contributed by atoms with van der Waals surface area (Å²) >= 11 is 3.42. The standard InChI is InChI=1S/C11H15BrN2O/c1-14(2)11(15)7-10(13)8-5-3-4-6-9(8)12/h3-6,10H,7,13H2,1-2H3. The van der Waals surface area contributed by atoms with Crippen LogP contribution in [0.3, 0.4) is 0 Å². The van der Waals surface area contributed by atoms with E-state index in [1.807, 2.05) is 24.3 Å². The first-order valence-electron chi connectivity index (χ1n) is 4.72. The predicted molar refractivity (Wildman–Crippen MR) is 64.4 cm³/mol. The van der Waals surface area contributed by atoms with Gasteiger partial charge in [0.15, 0.2) is 0 Å². The van der Waals surface area contributed by atoms with Crippen molar-refractivity contribution in [2.45, 2.75) is 12.5 Å². The maximum atomic E-state index is 11.5. The van der Waals surface area contributed by atoms with Crippen LogP contribution in [-0.2, 0) is 4.79 Å². The number of benzene rings is 1. The zero-order chi connectivity index (χ0) is 11.4.